The Kier molecular flexibility index (Phi) is 3.83. The Labute approximate surface area is 103 Å². The van der Waals surface area contributed by atoms with E-state index in [4.69, 9.17) is 27.0 Å². The molecule has 0 aliphatic carbocycles. The number of halogens is 2. The average Bonchev–Trinajstić information content (AvgIpc) is 2.14. The first-order valence-corrected chi connectivity index (χ1v) is 6.80. The summed E-state index contributed by atoms with van der Waals surface area (Å²) < 4.78 is 27.5. The standard InChI is InChI=1S/C9H8Cl2O4S/c1-5(12)6-3-4-7(15-2)8(10)9(6)16(11,13)14/h3-4H,1-2H3. The Morgan fingerprint density at radius 1 is 1.38 bits per heavy atom. The van der Waals surface area contributed by atoms with Gasteiger partial charge in [-0.15, -0.1) is 0 Å². The highest BCUT2D eigenvalue weighted by molar-refractivity contribution is 8.13. The van der Waals surface area contributed by atoms with E-state index < -0.39 is 19.7 Å². The summed E-state index contributed by atoms with van der Waals surface area (Å²) in [5, 5.41) is -0.190. The lowest BCUT2D eigenvalue weighted by Gasteiger charge is -2.09. The lowest BCUT2D eigenvalue weighted by Crippen LogP contribution is -2.04. The average molecular weight is 283 g/mol. The van der Waals surface area contributed by atoms with Gasteiger partial charge < -0.3 is 4.74 Å². The van der Waals surface area contributed by atoms with Crippen molar-refractivity contribution in [3.8, 4) is 5.75 Å². The van der Waals surface area contributed by atoms with E-state index in [2.05, 4.69) is 0 Å². The van der Waals surface area contributed by atoms with E-state index in [9.17, 15) is 13.2 Å². The Morgan fingerprint density at radius 2 is 1.94 bits per heavy atom. The Bertz CT molecular complexity index is 537. The lowest BCUT2D eigenvalue weighted by molar-refractivity contribution is 0.101. The molecule has 1 aromatic carbocycles. The molecule has 0 N–H and O–H groups in total. The summed E-state index contributed by atoms with van der Waals surface area (Å²) in [7, 11) is 2.45. The smallest absolute Gasteiger partial charge is 0.263 e. The lowest BCUT2D eigenvalue weighted by atomic mass is 10.1. The van der Waals surface area contributed by atoms with Crippen molar-refractivity contribution < 1.29 is 17.9 Å². The molecule has 0 fully saturated rings. The number of Topliss-reactive ketones (excluding diaryl/α,β-unsaturated/α-hetero) is 1. The van der Waals surface area contributed by atoms with E-state index in [-0.39, 0.29) is 16.3 Å². The molecule has 4 nitrogen and oxygen atoms in total. The number of ether oxygens (including phenoxy) is 1. The first-order chi connectivity index (χ1) is 7.29. The Balaban J connectivity index is 3.70. The van der Waals surface area contributed by atoms with Gasteiger partial charge in [-0.3, -0.25) is 4.79 Å². The van der Waals surface area contributed by atoms with Gasteiger partial charge in [-0.2, -0.15) is 0 Å². The van der Waals surface area contributed by atoms with Crippen LogP contribution in [0.15, 0.2) is 17.0 Å². The van der Waals surface area contributed by atoms with Crippen molar-refractivity contribution in [3.05, 3.63) is 22.7 Å². The summed E-state index contributed by atoms with van der Waals surface area (Å²) >= 11 is 5.80. The number of hydrogen-bond acceptors (Lipinski definition) is 4. The molecule has 0 saturated heterocycles. The van der Waals surface area contributed by atoms with Gasteiger partial charge in [0.15, 0.2) is 5.78 Å². The van der Waals surface area contributed by atoms with E-state index in [1.165, 1.54) is 26.2 Å². The molecule has 0 amide bonds. The van der Waals surface area contributed by atoms with Crippen LogP contribution in [0.3, 0.4) is 0 Å². The van der Waals surface area contributed by atoms with E-state index in [1.807, 2.05) is 0 Å². The fraction of sp³-hybridized carbons (Fsp3) is 0.222. The first-order valence-electron chi connectivity index (χ1n) is 4.11. The van der Waals surface area contributed by atoms with Crippen molar-refractivity contribution in [1.82, 2.24) is 0 Å². The Morgan fingerprint density at radius 3 is 2.31 bits per heavy atom. The van der Waals surface area contributed by atoms with E-state index >= 15 is 0 Å². The summed E-state index contributed by atoms with van der Waals surface area (Å²) in [4.78, 5) is 10.8. The molecule has 0 radical (unpaired) electrons. The van der Waals surface area contributed by atoms with Gasteiger partial charge in [0.05, 0.1) is 7.11 Å². The van der Waals surface area contributed by atoms with Crippen molar-refractivity contribution in [3.63, 3.8) is 0 Å². The Hall–Kier alpha value is -0.780. The zero-order valence-electron chi connectivity index (χ0n) is 8.45. The van der Waals surface area contributed by atoms with Crippen LogP contribution < -0.4 is 4.74 Å². The molecule has 1 rings (SSSR count). The second kappa shape index (κ2) is 4.61. The van der Waals surface area contributed by atoms with Crippen LogP contribution in [0.1, 0.15) is 17.3 Å². The van der Waals surface area contributed by atoms with E-state index in [0.717, 1.165) is 0 Å². The molecule has 0 saturated carbocycles. The number of carbonyl (C=O) groups is 1. The van der Waals surface area contributed by atoms with Gasteiger partial charge in [-0.05, 0) is 19.1 Å². The maximum atomic E-state index is 11.3. The fourth-order valence-electron chi connectivity index (χ4n) is 1.21. The van der Waals surface area contributed by atoms with Gasteiger partial charge in [0.25, 0.3) is 9.05 Å². The van der Waals surface area contributed by atoms with Gasteiger partial charge in [0.1, 0.15) is 15.7 Å². The fourth-order valence-corrected chi connectivity index (χ4v) is 3.15. The quantitative estimate of drug-likeness (QED) is 0.631. The summed E-state index contributed by atoms with van der Waals surface area (Å²) in [5.74, 6) is -0.297. The van der Waals surface area contributed by atoms with Crippen LogP contribution >= 0.6 is 22.3 Å². The number of ketones is 1. The zero-order valence-corrected chi connectivity index (χ0v) is 10.8. The third kappa shape index (κ3) is 2.48. The van der Waals surface area contributed by atoms with Crippen molar-refractivity contribution in [1.29, 1.82) is 0 Å². The van der Waals surface area contributed by atoms with Crippen molar-refractivity contribution in [2.45, 2.75) is 11.8 Å². The highest BCUT2D eigenvalue weighted by atomic mass is 35.7. The summed E-state index contributed by atoms with van der Waals surface area (Å²) in [6.45, 7) is 1.23. The van der Waals surface area contributed by atoms with Crippen LogP contribution in [0.5, 0.6) is 5.75 Å². The molecule has 0 bridgehead atoms. The predicted molar refractivity (Wildman–Crippen MR) is 61.0 cm³/mol. The number of hydrogen-bond donors (Lipinski definition) is 0. The van der Waals surface area contributed by atoms with Gasteiger partial charge in [-0.25, -0.2) is 8.42 Å². The predicted octanol–water partition coefficient (Wildman–Crippen LogP) is 2.48. The largest absolute Gasteiger partial charge is 0.495 e. The molecule has 16 heavy (non-hydrogen) atoms. The molecule has 0 heterocycles. The van der Waals surface area contributed by atoms with Crippen molar-refractivity contribution in [2.75, 3.05) is 7.11 Å². The minimum atomic E-state index is -4.10. The van der Waals surface area contributed by atoms with Crippen LogP contribution in [0.2, 0.25) is 5.02 Å². The maximum absolute atomic E-state index is 11.3. The number of rotatable bonds is 3. The molecule has 0 aliphatic heterocycles. The number of methoxy groups -OCH3 is 1. The van der Waals surface area contributed by atoms with E-state index in [1.54, 1.807) is 0 Å². The molecule has 88 valence electrons. The zero-order chi connectivity index (χ0) is 12.5. The topological polar surface area (TPSA) is 60.4 Å². The molecular weight excluding hydrogens is 275 g/mol. The normalized spacial score (nSPS) is 11.2. The molecule has 0 atom stereocenters. The SMILES string of the molecule is COc1ccc(C(C)=O)c(S(=O)(=O)Cl)c1Cl. The van der Waals surface area contributed by atoms with Crippen molar-refractivity contribution in [2.24, 2.45) is 0 Å². The number of benzene rings is 1. The molecule has 0 aliphatic rings. The van der Waals surface area contributed by atoms with Crippen molar-refractivity contribution >= 4 is 37.1 Å². The first kappa shape index (κ1) is 13.3. The second-order valence-corrected chi connectivity index (χ2v) is 5.83. The van der Waals surface area contributed by atoms with Gasteiger partial charge >= 0.3 is 0 Å². The van der Waals surface area contributed by atoms with Crippen LogP contribution in [0.25, 0.3) is 0 Å². The van der Waals surface area contributed by atoms with Crippen LogP contribution in [0.4, 0.5) is 0 Å². The molecule has 1 aromatic rings. The van der Waals surface area contributed by atoms with Crippen LogP contribution in [0, 0.1) is 0 Å². The summed E-state index contributed by atoms with van der Waals surface area (Å²) in [5.41, 5.74) is -0.0548. The molecule has 0 unspecified atom stereocenters. The van der Waals surface area contributed by atoms with Crippen LogP contribution in [-0.2, 0) is 9.05 Å². The highest BCUT2D eigenvalue weighted by Gasteiger charge is 2.24. The molecule has 7 heteroatoms. The van der Waals surface area contributed by atoms with E-state index in [0.29, 0.717) is 0 Å². The molecule has 0 spiro atoms. The third-order valence-electron chi connectivity index (χ3n) is 1.90. The van der Waals surface area contributed by atoms with Gasteiger partial charge in [0, 0.05) is 16.2 Å². The highest BCUT2D eigenvalue weighted by Crippen LogP contribution is 2.35. The van der Waals surface area contributed by atoms with Gasteiger partial charge in [-0.1, -0.05) is 11.6 Å². The monoisotopic (exact) mass is 282 g/mol. The molecular formula is C9H8Cl2O4S. The third-order valence-corrected chi connectivity index (χ3v) is 3.77. The second-order valence-electron chi connectivity index (χ2n) is 2.95. The molecule has 0 aromatic heterocycles. The minimum absolute atomic E-state index is 0.0548. The van der Waals surface area contributed by atoms with Crippen LogP contribution in [-0.4, -0.2) is 21.3 Å². The summed E-state index contributed by atoms with van der Waals surface area (Å²) in [6, 6.07) is 2.72. The van der Waals surface area contributed by atoms with Gasteiger partial charge in [0.2, 0.25) is 0 Å². The maximum Gasteiger partial charge on any atom is 0.263 e. The minimum Gasteiger partial charge on any atom is -0.495 e. The summed E-state index contributed by atoms with van der Waals surface area (Å²) in [6.07, 6.45) is 0. The number of carbonyl (C=O) groups excluding carboxylic acids is 1.